The molecule has 0 aliphatic carbocycles. The van der Waals surface area contributed by atoms with E-state index in [0.717, 1.165) is 49.3 Å². The van der Waals surface area contributed by atoms with E-state index in [1.54, 1.807) is 23.9 Å². The SMILES string of the molecule is CCCC(C(=O)NC=O)N(C)C(=O)c1c(C=O)cccc1SCCCCCCCN. The molecule has 3 N–H and O–H groups in total. The Balaban J connectivity index is 2.96. The maximum absolute atomic E-state index is 13.3. The standard InChI is InChI=1S/C22H33N3O4S/c1-3-10-18(21(28)24-16-27)25(2)22(29)20-17(15-26)11-9-12-19(20)30-14-8-6-4-5-7-13-23/h9,11-12,15-16,18H,3-8,10,13-14,23H2,1-2H3,(H,24,27,28). The molecule has 0 spiro atoms. The molecule has 166 valence electrons. The zero-order valence-electron chi connectivity index (χ0n) is 17.9. The van der Waals surface area contributed by atoms with Crippen LogP contribution in [0.15, 0.2) is 23.1 Å². The zero-order chi connectivity index (χ0) is 22.4. The first-order chi connectivity index (χ1) is 14.5. The summed E-state index contributed by atoms with van der Waals surface area (Å²) in [5, 5.41) is 2.13. The Morgan fingerprint density at radius 1 is 1.17 bits per heavy atom. The molecule has 0 saturated carbocycles. The summed E-state index contributed by atoms with van der Waals surface area (Å²) < 4.78 is 0. The Morgan fingerprint density at radius 3 is 2.50 bits per heavy atom. The molecule has 0 radical (unpaired) electrons. The van der Waals surface area contributed by atoms with Crippen LogP contribution in [0.4, 0.5) is 0 Å². The maximum Gasteiger partial charge on any atom is 0.256 e. The Kier molecular flexibility index (Phi) is 12.7. The van der Waals surface area contributed by atoms with Gasteiger partial charge in [0.05, 0.1) is 5.56 Å². The molecule has 0 aliphatic heterocycles. The van der Waals surface area contributed by atoms with E-state index >= 15 is 0 Å². The van der Waals surface area contributed by atoms with Gasteiger partial charge in [-0.05, 0) is 37.6 Å². The number of unbranched alkanes of at least 4 members (excludes halogenated alkanes) is 4. The van der Waals surface area contributed by atoms with Gasteiger partial charge in [0.1, 0.15) is 6.04 Å². The molecule has 1 atom stereocenters. The number of likely N-dealkylation sites (N-methyl/N-ethyl adjacent to an activating group) is 1. The number of benzene rings is 1. The first-order valence-corrected chi connectivity index (χ1v) is 11.4. The summed E-state index contributed by atoms with van der Waals surface area (Å²) in [7, 11) is 1.53. The molecule has 1 aromatic carbocycles. The molecule has 0 saturated heterocycles. The molecule has 1 aromatic rings. The Labute approximate surface area is 183 Å². The van der Waals surface area contributed by atoms with Crippen molar-refractivity contribution in [3.05, 3.63) is 29.3 Å². The van der Waals surface area contributed by atoms with Gasteiger partial charge in [0.25, 0.3) is 5.91 Å². The van der Waals surface area contributed by atoms with Crippen LogP contribution >= 0.6 is 11.8 Å². The topological polar surface area (TPSA) is 110 Å². The van der Waals surface area contributed by atoms with Gasteiger partial charge in [0.15, 0.2) is 6.29 Å². The monoisotopic (exact) mass is 435 g/mol. The molecule has 7 nitrogen and oxygen atoms in total. The van der Waals surface area contributed by atoms with Crippen molar-refractivity contribution in [3.63, 3.8) is 0 Å². The van der Waals surface area contributed by atoms with Crippen molar-refractivity contribution in [1.29, 1.82) is 0 Å². The van der Waals surface area contributed by atoms with Crippen LogP contribution in [0, 0.1) is 0 Å². The zero-order valence-corrected chi connectivity index (χ0v) is 18.7. The number of thioether (sulfide) groups is 1. The molecule has 30 heavy (non-hydrogen) atoms. The van der Waals surface area contributed by atoms with Crippen LogP contribution in [0.5, 0.6) is 0 Å². The van der Waals surface area contributed by atoms with E-state index in [-0.39, 0.29) is 0 Å². The third-order valence-electron chi connectivity index (χ3n) is 4.86. The summed E-state index contributed by atoms with van der Waals surface area (Å²) in [5.41, 5.74) is 6.11. The fraction of sp³-hybridized carbons (Fsp3) is 0.545. The van der Waals surface area contributed by atoms with E-state index in [0.29, 0.717) is 36.7 Å². The summed E-state index contributed by atoms with van der Waals surface area (Å²) in [4.78, 5) is 49.8. The van der Waals surface area contributed by atoms with Gasteiger partial charge in [0.2, 0.25) is 12.3 Å². The highest BCUT2D eigenvalue weighted by atomic mass is 32.2. The van der Waals surface area contributed by atoms with E-state index < -0.39 is 17.9 Å². The number of carbonyl (C=O) groups excluding carboxylic acids is 4. The van der Waals surface area contributed by atoms with E-state index in [1.165, 1.54) is 11.9 Å². The number of nitrogens with two attached hydrogens (primary N) is 1. The van der Waals surface area contributed by atoms with Gasteiger partial charge in [-0.3, -0.25) is 24.5 Å². The molecule has 0 bridgehead atoms. The highest BCUT2D eigenvalue weighted by molar-refractivity contribution is 7.99. The van der Waals surface area contributed by atoms with Gasteiger partial charge in [0, 0.05) is 17.5 Å². The van der Waals surface area contributed by atoms with Gasteiger partial charge >= 0.3 is 0 Å². The number of aldehydes is 1. The molecule has 1 unspecified atom stereocenters. The van der Waals surface area contributed by atoms with E-state index in [4.69, 9.17) is 5.73 Å². The van der Waals surface area contributed by atoms with Crippen LogP contribution in [0.3, 0.4) is 0 Å². The number of amides is 3. The highest BCUT2D eigenvalue weighted by Crippen LogP contribution is 2.28. The first kappa shape index (κ1) is 25.8. The Morgan fingerprint density at radius 2 is 1.87 bits per heavy atom. The van der Waals surface area contributed by atoms with Crippen molar-refractivity contribution in [1.82, 2.24) is 10.2 Å². The van der Waals surface area contributed by atoms with Gasteiger partial charge in [-0.15, -0.1) is 11.8 Å². The second-order valence-electron chi connectivity index (χ2n) is 7.09. The van der Waals surface area contributed by atoms with Crippen molar-refractivity contribution >= 4 is 36.3 Å². The Hall–Kier alpha value is -2.19. The Bertz CT molecular complexity index is 712. The lowest BCUT2D eigenvalue weighted by molar-refractivity contribution is -0.128. The molecule has 8 heteroatoms. The van der Waals surface area contributed by atoms with Crippen molar-refractivity contribution < 1.29 is 19.2 Å². The van der Waals surface area contributed by atoms with Gasteiger partial charge in [-0.2, -0.15) is 0 Å². The van der Waals surface area contributed by atoms with Gasteiger partial charge in [-0.25, -0.2) is 0 Å². The summed E-state index contributed by atoms with van der Waals surface area (Å²) in [6.45, 7) is 2.61. The molecule has 0 fully saturated rings. The lowest BCUT2D eigenvalue weighted by Gasteiger charge is -2.27. The molecular formula is C22H33N3O4S. The minimum absolute atomic E-state index is 0.297. The fourth-order valence-electron chi connectivity index (χ4n) is 3.20. The third-order valence-corrected chi connectivity index (χ3v) is 6.00. The summed E-state index contributed by atoms with van der Waals surface area (Å²) in [5.74, 6) is -0.0977. The van der Waals surface area contributed by atoms with Crippen LogP contribution in [-0.2, 0) is 9.59 Å². The molecule has 0 aromatic heterocycles. The number of imide groups is 1. The van der Waals surface area contributed by atoms with Crippen LogP contribution in [0.2, 0.25) is 0 Å². The second kappa shape index (κ2) is 14.7. The smallest absolute Gasteiger partial charge is 0.256 e. The van der Waals surface area contributed by atoms with E-state index in [1.807, 2.05) is 13.0 Å². The second-order valence-corrected chi connectivity index (χ2v) is 8.23. The molecular weight excluding hydrogens is 402 g/mol. The molecule has 1 rings (SSSR count). The van der Waals surface area contributed by atoms with Crippen LogP contribution in [-0.4, -0.2) is 54.8 Å². The maximum atomic E-state index is 13.3. The number of hydrogen-bond acceptors (Lipinski definition) is 6. The largest absolute Gasteiger partial charge is 0.330 e. The van der Waals surface area contributed by atoms with Gasteiger partial charge in [-0.1, -0.05) is 44.7 Å². The summed E-state index contributed by atoms with van der Waals surface area (Å²) >= 11 is 1.54. The van der Waals surface area contributed by atoms with Gasteiger partial charge < -0.3 is 10.6 Å². The summed E-state index contributed by atoms with van der Waals surface area (Å²) in [6.07, 6.45) is 7.44. The normalized spacial score (nSPS) is 11.6. The minimum Gasteiger partial charge on any atom is -0.330 e. The average molecular weight is 436 g/mol. The molecule has 3 amide bonds. The number of hydrogen-bond donors (Lipinski definition) is 2. The number of nitrogens with one attached hydrogen (secondary N) is 1. The number of rotatable bonds is 15. The van der Waals surface area contributed by atoms with E-state index in [9.17, 15) is 19.2 Å². The predicted molar refractivity (Wildman–Crippen MR) is 120 cm³/mol. The van der Waals surface area contributed by atoms with Crippen molar-refractivity contribution in [3.8, 4) is 0 Å². The number of carbonyl (C=O) groups is 4. The van der Waals surface area contributed by atoms with Crippen LogP contribution < -0.4 is 11.1 Å². The van der Waals surface area contributed by atoms with Crippen molar-refractivity contribution in [2.45, 2.75) is 62.8 Å². The lowest BCUT2D eigenvalue weighted by Crippen LogP contribution is -2.47. The molecule has 0 heterocycles. The van der Waals surface area contributed by atoms with Crippen molar-refractivity contribution in [2.24, 2.45) is 5.73 Å². The fourth-order valence-corrected chi connectivity index (χ4v) is 4.29. The van der Waals surface area contributed by atoms with Crippen LogP contribution in [0.1, 0.15) is 72.6 Å². The minimum atomic E-state index is -0.784. The predicted octanol–water partition coefficient (Wildman–Crippen LogP) is 3.01. The average Bonchev–Trinajstić information content (AvgIpc) is 2.75. The van der Waals surface area contributed by atoms with Crippen LogP contribution in [0.25, 0.3) is 0 Å². The highest BCUT2D eigenvalue weighted by Gasteiger charge is 2.29. The first-order valence-electron chi connectivity index (χ1n) is 10.4. The summed E-state index contributed by atoms with van der Waals surface area (Å²) in [6, 6.07) is 4.40. The van der Waals surface area contributed by atoms with Crippen molar-refractivity contribution in [2.75, 3.05) is 19.3 Å². The van der Waals surface area contributed by atoms with E-state index in [2.05, 4.69) is 5.32 Å². The molecule has 0 aliphatic rings. The number of nitrogens with zero attached hydrogens (tertiary/aromatic N) is 1. The third kappa shape index (κ3) is 7.91. The lowest BCUT2D eigenvalue weighted by atomic mass is 10.0. The quantitative estimate of drug-likeness (QED) is 0.249.